The Hall–Kier alpha value is -1.57. The lowest BCUT2D eigenvalue weighted by atomic mass is 10.3. The predicted molar refractivity (Wildman–Crippen MR) is 72.2 cm³/mol. The van der Waals surface area contributed by atoms with Gasteiger partial charge >= 0.3 is 0 Å². The molecule has 0 saturated carbocycles. The van der Waals surface area contributed by atoms with Gasteiger partial charge in [-0.1, -0.05) is 0 Å². The van der Waals surface area contributed by atoms with Gasteiger partial charge in [0.2, 0.25) is 5.88 Å². The number of nitrogens with two attached hydrogens (primary N) is 1. The predicted octanol–water partition coefficient (Wildman–Crippen LogP) is 2.46. The molecule has 5 nitrogen and oxygen atoms in total. The average molecular weight is 343 g/mol. The van der Waals surface area contributed by atoms with Gasteiger partial charge in [0.05, 0.1) is 16.4 Å². The minimum absolute atomic E-state index is 0.505. The molecule has 0 aliphatic heterocycles. The van der Waals surface area contributed by atoms with Crippen molar-refractivity contribution in [3.8, 4) is 17.4 Å². The number of methoxy groups -OCH3 is 1. The molecule has 0 aliphatic rings. The number of nitrogen functional groups attached to an aromatic ring is 1. The summed E-state index contributed by atoms with van der Waals surface area (Å²) in [5.41, 5.74) is 6.31. The number of benzene rings is 1. The Morgan fingerprint density at radius 2 is 2.18 bits per heavy atom. The highest BCUT2D eigenvalue weighted by Crippen LogP contribution is 2.29. The van der Waals surface area contributed by atoms with Crippen molar-refractivity contribution >= 4 is 28.3 Å². The molecule has 1 heterocycles. The summed E-state index contributed by atoms with van der Waals surface area (Å²) in [5, 5.41) is 0. The zero-order valence-corrected chi connectivity index (χ0v) is 11.2. The van der Waals surface area contributed by atoms with E-state index in [9.17, 15) is 0 Å². The molecule has 0 saturated heterocycles. The summed E-state index contributed by atoms with van der Waals surface area (Å²) in [5.74, 6) is 1.74. The molecule has 6 heteroatoms. The van der Waals surface area contributed by atoms with Crippen LogP contribution in [0.5, 0.6) is 17.4 Å². The normalized spacial score (nSPS) is 10.0. The zero-order valence-electron chi connectivity index (χ0n) is 9.05. The van der Waals surface area contributed by atoms with Gasteiger partial charge in [-0.15, -0.1) is 0 Å². The van der Waals surface area contributed by atoms with Gasteiger partial charge in [0, 0.05) is 12.3 Å². The third-order valence-corrected chi connectivity index (χ3v) is 2.79. The first kappa shape index (κ1) is 11.9. The van der Waals surface area contributed by atoms with Crippen LogP contribution < -0.4 is 15.2 Å². The number of rotatable bonds is 3. The number of nitrogens with zero attached hydrogens (tertiary/aromatic N) is 2. The number of anilines is 1. The van der Waals surface area contributed by atoms with Gasteiger partial charge in [-0.05, 0) is 34.7 Å². The number of ether oxygens (including phenoxy) is 2. The highest BCUT2D eigenvalue weighted by Gasteiger charge is 2.06. The topological polar surface area (TPSA) is 70.3 Å². The molecule has 0 unspecified atom stereocenters. The Bertz CT molecular complexity index is 534. The van der Waals surface area contributed by atoms with E-state index in [-0.39, 0.29) is 0 Å². The van der Waals surface area contributed by atoms with Crippen LogP contribution in [0, 0.1) is 3.57 Å². The van der Waals surface area contributed by atoms with Gasteiger partial charge in [0.15, 0.2) is 0 Å². The zero-order chi connectivity index (χ0) is 12.3. The highest BCUT2D eigenvalue weighted by atomic mass is 127. The van der Waals surface area contributed by atoms with Crippen LogP contribution in [0.15, 0.2) is 30.7 Å². The van der Waals surface area contributed by atoms with Crippen LogP contribution in [0.2, 0.25) is 0 Å². The Labute approximate surface area is 112 Å². The molecular formula is C11H10IN3O2. The van der Waals surface area contributed by atoms with E-state index in [1.54, 1.807) is 31.5 Å². The Morgan fingerprint density at radius 3 is 2.82 bits per heavy atom. The summed E-state index contributed by atoms with van der Waals surface area (Å²) in [4.78, 5) is 7.92. The maximum Gasteiger partial charge on any atom is 0.235 e. The van der Waals surface area contributed by atoms with Crippen LogP contribution >= 0.6 is 22.6 Å². The first-order valence-electron chi connectivity index (χ1n) is 4.77. The Morgan fingerprint density at radius 1 is 1.35 bits per heavy atom. The average Bonchev–Trinajstić information content (AvgIpc) is 2.32. The summed E-state index contributed by atoms with van der Waals surface area (Å²) in [7, 11) is 1.57. The molecule has 1 aromatic heterocycles. The van der Waals surface area contributed by atoms with Crippen LogP contribution in [0.4, 0.5) is 5.69 Å². The highest BCUT2D eigenvalue weighted by molar-refractivity contribution is 14.1. The van der Waals surface area contributed by atoms with E-state index in [4.69, 9.17) is 15.2 Å². The van der Waals surface area contributed by atoms with Crippen molar-refractivity contribution in [3.05, 3.63) is 34.3 Å². The van der Waals surface area contributed by atoms with Crippen LogP contribution in [0.1, 0.15) is 0 Å². The molecule has 17 heavy (non-hydrogen) atoms. The second-order valence-electron chi connectivity index (χ2n) is 3.18. The van der Waals surface area contributed by atoms with E-state index in [0.29, 0.717) is 23.1 Å². The molecule has 0 atom stereocenters. The lowest BCUT2D eigenvalue weighted by molar-refractivity contribution is 0.414. The fourth-order valence-electron chi connectivity index (χ4n) is 1.26. The lowest BCUT2D eigenvalue weighted by Crippen LogP contribution is -1.95. The fraction of sp³-hybridized carbons (Fsp3) is 0.0909. The number of halogens is 1. The quantitative estimate of drug-likeness (QED) is 0.685. The maximum atomic E-state index is 5.78. The van der Waals surface area contributed by atoms with Gasteiger partial charge in [0.25, 0.3) is 0 Å². The van der Waals surface area contributed by atoms with Crippen LogP contribution in [-0.4, -0.2) is 17.1 Å². The van der Waals surface area contributed by atoms with Gasteiger partial charge in [-0.25, -0.2) is 9.97 Å². The van der Waals surface area contributed by atoms with Gasteiger partial charge in [-0.3, -0.25) is 0 Å². The van der Waals surface area contributed by atoms with Crippen molar-refractivity contribution < 1.29 is 9.47 Å². The molecule has 0 aliphatic carbocycles. The summed E-state index contributed by atoms with van der Waals surface area (Å²) >= 11 is 2.10. The van der Waals surface area contributed by atoms with Crippen molar-refractivity contribution in [1.82, 2.24) is 9.97 Å². The summed E-state index contributed by atoms with van der Waals surface area (Å²) in [6, 6.07) is 5.21. The van der Waals surface area contributed by atoms with E-state index in [1.165, 1.54) is 6.33 Å². The molecule has 2 aromatic rings. The number of hydrogen-bond donors (Lipinski definition) is 1. The third-order valence-electron chi connectivity index (χ3n) is 2.05. The smallest absolute Gasteiger partial charge is 0.235 e. The molecule has 0 fully saturated rings. The monoisotopic (exact) mass is 343 g/mol. The van der Waals surface area contributed by atoms with Crippen molar-refractivity contribution in [1.29, 1.82) is 0 Å². The van der Waals surface area contributed by atoms with Crippen molar-refractivity contribution in [2.75, 3.05) is 12.8 Å². The molecule has 0 amide bonds. The molecular weight excluding hydrogens is 333 g/mol. The largest absolute Gasteiger partial charge is 0.495 e. The molecule has 0 spiro atoms. The number of aromatic nitrogens is 2. The van der Waals surface area contributed by atoms with E-state index in [0.717, 1.165) is 3.57 Å². The van der Waals surface area contributed by atoms with Crippen LogP contribution in [0.25, 0.3) is 0 Å². The molecule has 88 valence electrons. The molecule has 1 aromatic carbocycles. The minimum Gasteiger partial charge on any atom is -0.495 e. The first-order valence-corrected chi connectivity index (χ1v) is 5.85. The van der Waals surface area contributed by atoms with E-state index in [2.05, 4.69) is 32.6 Å². The molecule has 2 rings (SSSR count). The van der Waals surface area contributed by atoms with E-state index >= 15 is 0 Å². The lowest BCUT2D eigenvalue weighted by Gasteiger charge is -2.08. The minimum atomic E-state index is 0.505. The number of hydrogen-bond acceptors (Lipinski definition) is 5. The summed E-state index contributed by atoms with van der Waals surface area (Å²) in [6.45, 7) is 0. The summed E-state index contributed by atoms with van der Waals surface area (Å²) < 4.78 is 11.5. The van der Waals surface area contributed by atoms with Gasteiger partial charge < -0.3 is 15.2 Å². The van der Waals surface area contributed by atoms with Crippen molar-refractivity contribution in [2.45, 2.75) is 0 Å². The Balaban J connectivity index is 2.25. The fourth-order valence-corrected chi connectivity index (χ4v) is 1.67. The Kier molecular flexibility index (Phi) is 3.62. The molecule has 2 N–H and O–H groups in total. The van der Waals surface area contributed by atoms with Crippen LogP contribution in [-0.2, 0) is 0 Å². The first-order chi connectivity index (χ1) is 8.20. The van der Waals surface area contributed by atoms with Crippen molar-refractivity contribution in [2.24, 2.45) is 0 Å². The van der Waals surface area contributed by atoms with E-state index < -0.39 is 0 Å². The SMILES string of the molecule is COc1ccc(Oc2ncncc2I)cc1N. The molecule has 0 radical (unpaired) electrons. The van der Waals surface area contributed by atoms with Gasteiger partial charge in [-0.2, -0.15) is 0 Å². The third kappa shape index (κ3) is 2.76. The maximum absolute atomic E-state index is 5.78. The van der Waals surface area contributed by atoms with Gasteiger partial charge in [0.1, 0.15) is 17.8 Å². The van der Waals surface area contributed by atoms with Crippen LogP contribution in [0.3, 0.4) is 0 Å². The standard InChI is InChI=1S/C11H10IN3O2/c1-16-10-3-2-7(4-9(10)13)17-11-8(12)5-14-6-15-11/h2-6H,13H2,1H3. The molecule has 0 bridgehead atoms. The summed E-state index contributed by atoms with van der Waals surface area (Å²) in [6.07, 6.45) is 3.11. The van der Waals surface area contributed by atoms with Crippen molar-refractivity contribution in [3.63, 3.8) is 0 Å². The second kappa shape index (κ2) is 5.17. The van der Waals surface area contributed by atoms with E-state index in [1.807, 2.05) is 0 Å². The second-order valence-corrected chi connectivity index (χ2v) is 4.34.